The lowest BCUT2D eigenvalue weighted by atomic mass is 10.1. The van der Waals surface area contributed by atoms with Gasteiger partial charge in [0.25, 0.3) is 5.91 Å². The molecule has 0 spiro atoms. The maximum absolute atomic E-state index is 10.9. The number of nitrogens with zero attached hydrogens (tertiary/aromatic N) is 1. The van der Waals surface area contributed by atoms with E-state index in [1.54, 1.807) is 0 Å². The molecule has 0 aliphatic carbocycles. The van der Waals surface area contributed by atoms with Crippen LogP contribution in [0.25, 0.3) is 0 Å². The minimum Gasteiger partial charge on any atom is -0.438 e. The first-order valence-corrected chi connectivity index (χ1v) is 4.88. The van der Waals surface area contributed by atoms with Gasteiger partial charge in [0.2, 0.25) is 6.23 Å². The van der Waals surface area contributed by atoms with Crippen LogP contribution in [0.5, 0.6) is 0 Å². The predicted molar refractivity (Wildman–Crippen MR) is 41.9 cm³/mol. The highest BCUT2D eigenvalue weighted by atomic mass is 32.2. The fourth-order valence-corrected chi connectivity index (χ4v) is 1.78. The van der Waals surface area contributed by atoms with Crippen molar-refractivity contribution < 1.29 is 27.3 Å². The first kappa shape index (κ1) is 10.9. The molecule has 0 radical (unpaired) electrons. The number of ether oxygens (including phenoxy) is 1. The van der Waals surface area contributed by atoms with Gasteiger partial charge in [-0.3, -0.25) is 14.1 Å². The second-order valence-corrected chi connectivity index (χ2v) is 3.93. The molecule has 1 fully saturated rings. The van der Waals surface area contributed by atoms with E-state index in [4.69, 9.17) is 10.3 Å². The van der Waals surface area contributed by atoms with E-state index in [0.29, 0.717) is 0 Å². The normalized spacial score (nSPS) is 27.1. The van der Waals surface area contributed by atoms with E-state index >= 15 is 0 Å². The van der Waals surface area contributed by atoms with Gasteiger partial charge in [-0.1, -0.05) is 0 Å². The van der Waals surface area contributed by atoms with E-state index < -0.39 is 34.5 Å². The molecule has 0 saturated carbocycles. The number of hydrogen-bond acceptors (Lipinski definition) is 6. The zero-order valence-electron chi connectivity index (χ0n) is 7.08. The average Bonchev–Trinajstić information content (AvgIpc) is 1.99. The molecule has 0 bridgehead atoms. The highest BCUT2D eigenvalue weighted by molar-refractivity contribution is 7.84. The van der Waals surface area contributed by atoms with Gasteiger partial charge in [0.15, 0.2) is 0 Å². The van der Waals surface area contributed by atoms with E-state index in [-0.39, 0.29) is 4.31 Å². The van der Waals surface area contributed by atoms with Crippen molar-refractivity contribution in [2.45, 2.75) is 19.2 Å². The van der Waals surface area contributed by atoms with Crippen molar-refractivity contribution >= 4 is 22.2 Å². The van der Waals surface area contributed by atoms with Crippen molar-refractivity contribution in [3.63, 3.8) is 0 Å². The minimum absolute atomic E-state index is 0.0130. The Bertz CT molecular complexity index is 376. The van der Waals surface area contributed by atoms with Gasteiger partial charge in [0.05, 0.1) is 0 Å². The van der Waals surface area contributed by atoms with Crippen LogP contribution in [0.4, 0.5) is 0 Å². The maximum Gasteiger partial charge on any atom is 0.365 e. The zero-order valence-corrected chi connectivity index (χ0v) is 7.89. The van der Waals surface area contributed by atoms with Crippen molar-refractivity contribution in [3.05, 3.63) is 0 Å². The molecular weight excluding hydrogens is 216 g/mol. The van der Waals surface area contributed by atoms with Crippen LogP contribution in [-0.2, 0) is 24.6 Å². The molecule has 14 heavy (non-hydrogen) atoms. The van der Waals surface area contributed by atoms with E-state index in [2.05, 4.69) is 4.74 Å². The molecule has 3 N–H and O–H groups in total. The first-order chi connectivity index (χ1) is 6.25. The highest BCUT2D eigenvalue weighted by Crippen LogP contribution is 2.22. The molecule has 1 rings (SSSR count). The molecule has 2 atom stereocenters. The Balaban J connectivity index is 2.86. The van der Waals surface area contributed by atoms with Crippen molar-refractivity contribution in [1.29, 1.82) is 0 Å². The van der Waals surface area contributed by atoms with Gasteiger partial charge in [-0.05, 0) is 0 Å². The topological polar surface area (TPSA) is 127 Å². The predicted octanol–water partition coefficient (Wildman–Crippen LogP) is -2.15. The minimum atomic E-state index is -4.72. The van der Waals surface area contributed by atoms with Crippen LogP contribution in [0.2, 0.25) is 0 Å². The lowest BCUT2D eigenvalue weighted by molar-refractivity contribution is -0.175. The summed E-state index contributed by atoms with van der Waals surface area (Å²) < 4.78 is 34.1. The van der Waals surface area contributed by atoms with Gasteiger partial charge in [0, 0.05) is 6.92 Å². The van der Waals surface area contributed by atoms with Gasteiger partial charge >= 0.3 is 16.3 Å². The van der Waals surface area contributed by atoms with Crippen LogP contribution >= 0.6 is 0 Å². The van der Waals surface area contributed by atoms with E-state index in [1.807, 2.05) is 0 Å². The molecule has 9 heteroatoms. The SMILES string of the molecule is CC(=O)OC1C(N)C(=O)N1S(=O)(=O)O. The van der Waals surface area contributed by atoms with Crippen LogP contribution < -0.4 is 5.73 Å². The smallest absolute Gasteiger partial charge is 0.365 e. The van der Waals surface area contributed by atoms with Gasteiger partial charge < -0.3 is 10.5 Å². The number of carbonyl (C=O) groups is 2. The van der Waals surface area contributed by atoms with Crippen molar-refractivity contribution in [2.75, 3.05) is 0 Å². The van der Waals surface area contributed by atoms with E-state index in [0.717, 1.165) is 6.92 Å². The molecule has 0 aromatic heterocycles. The third-order valence-electron chi connectivity index (χ3n) is 1.58. The lowest BCUT2D eigenvalue weighted by Gasteiger charge is -2.40. The molecule has 8 nitrogen and oxygen atoms in total. The third-order valence-corrected chi connectivity index (χ3v) is 2.46. The first-order valence-electron chi connectivity index (χ1n) is 3.48. The molecule has 80 valence electrons. The molecule has 0 aromatic carbocycles. The van der Waals surface area contributed by atoms with Gasteiger partial charge in [0.1, 0.15) is 6.04 Å². The third kappa shape index (κ3) is 1.69. The Kier molecular flexibility index (Phi) is 2.48. The summed E-state index contributed by atoms with van der Waals surface area (Å²) in [5.74, 6) is -1.81. The Morgan fingerprint density at radius 2 is 2.14 bits per heavy atom. The molecule has 1 saturated heterocycles. The van der Waals surface area contributed by atoms with Crippen molar-refractivity contribution in [3.8, 4) is 0 Å². The largest absolute Gasteiger partial charge is 0.438 e. The van der Waals surface area contributed by atoms with Crippen LogP contribution in [0, 0.1) is 0 Å². The van der Waals surface area contributed by atoms with E-state index in [1.165, 1.54) is 0 Å². The Morgan fingerprint density at radius 1 is 1.64 bits per heavy atom. The number of rotatable bonds is 2. The summed E-state index contributed by atoms with van der Waals surface area (Å²) in [4.78, 5) is 21.4. The van der Waals surface area contributed by atoms with Crippen molar-refractivity contribution in [2.24, 2.45) is 5.73 Å². The van der Waals surface area contributed by atoms with Gasteiger partial charge in [-0.25, -0.2) is 0 Å². The monoisotopic (exact) mass is 224 g/mol. The van der Waals surface area contributed by atoms with Crippen LogP contribution in [0.1, 0.15) is 6.92 Å². The van der Waals surface area contributed by atoms with Gasteiger partial charge in [-0.2, -0.15) is 12.7 Å². The number of amides is 1. The average molecular weight is 224 g/mol. The summed E-state index contributed by atoms with van der Waals surface area (Å²) in [6.07, 6.45) is -1.45. The standard InChI is InChI=1S/C5H8N2O6S/c1-2(8)13-5-3(6)4(9)7(5)14(10,11)12/h3,5H,6H2,1H3,(H,10,11,12). The molecule has 1 aliphatic heterocycles. The van der Waals surface area contributed by atoms with Crippen LogP contribution in [0.15, 0.2) is 0 Å². The van der Waals surface area contributed by atoms with Crippen LogP contribution in [0.3, 0.4) is 0 Å². The molecular formula is C5H8N2O6S. The fraction of sp³-hybridized carbons (Fsp3) is 0.600. The second kappa shape index (κ2) is 3.19. The molecule has 1 amide bonds. The Hall–Kier alpha value is -1.19. The van der Waals surface area contributed by atoms with Crippen LogP contribution in [-0.4, -0.2) is 41.4 Å². The number of β-lactam (4-membered cyclic amide) rings is 1. The summed E-state index contributed by atoms with van der Waals surface area (Å²) in [5, 5.41) is 0. The van der Waals surface area contributed by atoms with E-state index in [9.17, 15) is 18.0 Å². The summed E-state index contributed by atoms with van der Waals surface area (Å²) in [5.41, 5.74) is 5.16. The molecule has 1 heterocycles. The second-order valence-electron chi connectivity index (χ2n) is 2.64. The summed E-state index contributed by atoms with van der Waals surface area (Å²) in [6, 6.07) is -1.25. The molecule has 2 unspecified atom stereocenters. The van der Waals surface area contributed by atoms with Gasteiger partial charge in [-0.15, -0.1) is 0 Å². The number of hydrogen-bond donors (Lipinski definition) is 2. The molecule has 0 aromatic rings. The number of nitrogens with two attached hydrogens (primary N) is 1. The maximum atomic E-state index is 10.9. The zero-order chi connectivity index (χ0) is 11.1. The fourth-order valence-electron chi connectivity index (χ4n) is 0.994. The summed E-state index contributed by atoms with van der Waals surface area (Å²) in [7, 11) is -4.72. The highest BCUT2D eigenvalue weighted by Gasteiger charge is 2.53. The lowest BCUT2D eigenvalue weighted by Crippen LogP contribution is -2.71. The summed E-state index contributed by atoms with van der Waals surface area (Å²) >= 11 is 0. The molecule has 1 aliphatic rings. The Morgan fingerprint density at radius 3 is 2.50 bits per heavy atom. The summed E-state index contributed by atoms with van der Waals surface area (Å²) in [6.45, 7) is 1.03. The number of carbonyl (C=O) groups excluding carboxylic acids is 2. The quantitative estimate of drug-likeness (QED) is 0.311. The Labute approximate surface area is 79.5 Å². The van der Waals surface area contributed by atoms with Crippen molar-refractivity contribution in [1.82, 2.24) is 4.31 Å². The number of esters is 1.